The zero-order chi connectivity index (χ0) is 24.5. The summed E-state index contributed by atoms with van der Waals surface area (Å²) in [6.07, 6.45) is -2.82. The van der Waals surface area contributed by atoms with Gasteiger partial charge in [0, 0.05) is 5.02 Å². The number of anilines is 1. The second-order valence-electron chi connectivity index (χ2n) is 8.58. The number of carbonyl (C=O) groups is 2. The smallest absolute Gasteiger partial charge is 0.392 e. The van der Waals surface area contributed by atoms with E-state index >= 15 is 0 Å². The molecule has 2 aromatic carbocycles. The minimum atomic E-state index is -4.61. The van der Waals surface area contributed by atoms with Crippen molar-refractivity contribution in [1.29, 1.82) is 0 Å². The van der Waals surface area contributed by atoms with Crippen LogP contribution in [0.3, 0.4) is 0 Å². The number of carboxylic acid groups (broad SMARTS) is 1. The minimum Gasteiger partial charge on any atom is -0.481 e. The van der Waals surface area contributed by atoms with Crippen LogP contribution in [0.2, 0.25) is 10.0 Å². The normalized spacial score (nSPS) is 17.7. The lowest BCUT2D eigenvalue weighted by Gasteiger charge is -2.26. The van der Waals surface area contributed by atoms with Crippen LogP contribution in [0.4, 0.5) is 18.9 Å². The van der Waals surface area contributed by atoms with Gasteiger partial charge in [-0.1, -0.05) is 55.2 Å². The van der Waals surface area contributed by atoms with Crippen LogP contribution in [-0.4, -0.2) is 23.2 Å². The second-order valence-corrected chi connectivity index (χ2v) is 9.42. The molecule has 178 valence electrons. The molecular weight excluding hydrogens is 478 g/mol. The molecule has 4 atom stereocenters. The molecule has 33 heavy (non-hydrogen) atoms. The standard InChI is InChI=1S/C24H24Cl2F3NO3/c1-12(23(32)33)20(14-3-4-14)16-7-10-18(26)19(11-16)30-22(31)21(13(2)24(27,28)29)15-5-8-17(25)9-6-15/h5-14,20-21H,3-4H2,1-2H3,(H,30,31)(H,32,33)/t12?,13-,20?,21+/m1/s1. The van der Waals surface area contributed by atoms with E-state index in [2.05, 4.69) is 5.32 Å². The minimum absolute atomic E-state index is 0.149. The van der Waals surface area contributed by atoms with E-state index in [-0.39, 0.29) is 28.1 Å². The highest BCUT2D eigenvalue weighted by atomic mass is 35.5. The average Bonchev–Trinajstić information content (AvgIpc) is 3.56. The lowest BCUT2D eigenvalue weighted by atomic mass is 9.83. The van der Waals surface area contributed by atoms with Crippen LogP contribution in [0, 0.1) is 17.8 Å². The van der Waals surface area contributed by atoms with Gasteiger partial charge in [0.15, 0.2) is 0 Å². The summed E-state index contributed by atoms with van der Waals surface area (Å²) in [6.45, 7) is 2.58. The summed E-state index contributed by atoms with van der Waals surface area (Å²) in [5.41, 5.74) is 0.999. The predicted octanol–water partition coefficient (Wildman–Crippen LogP) is 7.13. The van der Waals surface area contributed by atoms with Gasteiger partial charge in [0.05, 0.1) is 28.5 Å². The Morgan fingerprint density at radius 1 is 1.03 bits per heavy atom. The second kappa shape index (κ2) is 9.94. The Hall–Kier alpha value is -2.25. The first kappa shape index (κ1) is 25.4. The molecule has 1 fully saturated rings. The Kier molecular flexibility index (Phi) is 7.64. The highest BCUT2D eigenvalue weighted by molar-refractivity contribution is 6.33. The van der Waals surface area contributed by atoms with Gasteiger partial charge in [0.25, 0.3) is 0 Å². The van der Waals surface area contributed by atoms with Crippen LogP contribution in [0.1, 0.15) is 49.7 Å². The van der Waals surface area contributed by atoms with E-state index in [1.54, 1.807) is 19.1 Å². The van der Waals surface area contributed by atoms with Crippen LogP contribution >= 0.6 is 23.2 Å². The maximum atomic E-state index is 13.6. The van der Waals surface area contributed by atoms with Crippen LogP contribution < -0.4 is 5.32 Å². The van der Waals surface area contributed by atoms with Crippen LogP contribution in [-0.2, 0) is 9.59 Å². The van der Waals surface area contributed by atoms with Gasteiger partial charge in [0.2, 0.25) is 5.91 Å². The number of hydrogen-bond acceptors (Lipinski definition) is 2. The topological polar surface area (TPSA) is 66.4 Å². The number of aliphatic carboxylic acids is 1. The summed E-state index contributed by atoms with van der Waals surface area (Å²) in [5.74, 6) is -6.03. The summed E-state index contributed by atoms with van der Waals surface area (Å²) in [7, 11) is 0. The quantitative estimate of drug-likeness (QED) is 0.404. The summed E-state index contributed by atoms with van der Waals surface area (Å²) >= 11 is 12.1. The molecule has 0 radical (unpaired) electrons. The first-order chi connectivity index (χ1) is 15.4. The Morgan fingerprint density at radius 3 is 2.12 bits per heavy atom. The molecule has 1 aliphatic rings. The summed E-state index contributed by atoms with van der Waals surface area (Å²) in [6, 6.07) is 10.5. The lowest BCUT2D eigenvalue weighted by Crippen LogP contribution is -2.34. The molecule has 1 saturated carbocycles. The molecule has 0 saturated heterocycles. The molecule has 1 amide bonds. The number of benzene rings is 2. The predicted molar refractivity (Wildman–Crippen MR) is 122 cm³/mol. The number of amides is 1. The highest BCUT2D eigenvalue weighted by Gasteiger charge is 2.45. The molecule has 2 N–H and O–H groups in total. The van der Waals surface area contributed by atoms with E-state index in [1.807, 2.05) is 0 Å². The van der Waals surface area contributed by atoms with Gasteiger partial charge in [0.1, 0.15) is 0 Å². The molecule has 4 nitrogen and oxygen atoms in total. The molecule has 0 heterocycles. The molecule has 3 rings (SSSR count). The van der Waals surface area contributed by atoms with Crippen molar-refractivity contribution in [2.45, 2.75) is 44.7 Å². The number of carbonyl (C=O) groups excluding carboxylic acids is 1. The maximum Gasteiger partial charge on any atom is 0.392 e. The van der Waals surface area contributed by atoms with Gasteiger partial charge in [-0.3, -0.25) is 9.59 Å². The van der Waals surface area contributed by atoms with Gasteiger partial charge < -0.3 is 10.4 Å². The van der Waals surface area contributed by atoms with Crippen molar-refractivity contribution in [2.75, 3.05) is 5.32 Å². The van der Waals surface area contributed by atoms with Crippen molar-refractivity contribution < 1.29 is 27.9 Å². The monoisotopic (exact) mass is 501 g/mol. The van der Waals surface area contributed by atoms with Gasteiger partial charge >= 0.3 is 12.1 Å². The maximum absolute atomic E-state index is 13.6. The summed E-state index contributed by atoms with van der Waals surface area (Å²) in [5, 5.41) is 12.5. The van der Waals surface area contributed by atoms with Crippen LogP contribution in [0.15, 0.2) is 42.5 Å². The Labute approximate surface area is 200 Å². The van der Waals surface area contributed by atoms with Crippen LogP contribution in [0.5, 0.6) is 0 Å². The number of rotatable bonds is 8. The van der Waals surface area contributed by atoms with E-state index < -0.39 is 35.8 Å². The number of nitrogens with one attached hydrogen (secondary N) is 1. The first-order valence-corrected chi connectivity index (χ1v) is 11.3. The van der Waals surface area contributed by atoms with E-state index in [0.717, 1.165) is 19.8 Å². The third-order valence-electron chi connectivity index (χ3n) is 6.22. The molecule has 0 bridgehead atoms. The van der Waals surface area contributed by atoms with Crippen molar-refractivity contribution >= 4 is 40.8 Å². The fraction of sp³-hybridized carbons (Fsp3) is 0.417. The van der Waals surface area contributed by atoms with E-state index in [1.165, 1.54) is 30.3 Å². The Balaban J connectivity index is 1.94. The number of alkyl halides is 3. The van der Waals surface area contributed by atoms with Crippen molar-refractivity contribution in [3.8, 4) is 0 Å². The highest BCUT2D eigenvalue weighted by Crippen LogP contribution is 2.48. The largest absolute Gasteiger partial charge is 0.481 e. The number of halogens is 5. The van der Waals surface area contributed by atoms with Crippen molar-refractivity contribution in [3.63, 3.8) is 0 Å². The molecule has 0 aromatic heterocycles. The fourth-order valence-corrected chi connectivity index (χ4v) is 4.45. The molecule has 1 aliphatic carbocycles. The lowest BCUT2D eigenvalue weighted by molar-refractivity contribution is -0.178. The molecule has 0 spiro atoms. The van der Waals surface area contributed by atoms with Crippen LogP contribution in [0.25, 0.3) is 0 Å². The number of carboxylic acids is 1. The summed E-state index contributed by atoms with van der Waals surface area (Å²) in [4.78, 5) is 24.7. The first-order valence-electron chi connectivity index (χ1n) is 10.6. The van der Waals surface area contributed by atoms with Gasteiger partial charge in [-0.05, 0) is 60.1 Å². The average molecular weight is 502 g/mol. The molecule has 2 aromatic rings. The summed E-state index contributed by atoms with van der Waals surface area (Å²) < 4.78 is 40.8. The van der Waals surface area contributed by atoms with Crippen molar-refractivity contribution in [2.24, 2.45) is 17.8 Å². The van der Waals surface area contributed by atoms with Gasteiger partial charge in [-0.2, -0.15) is 13.2 Å². The Bertz CT molecular complexity index is 1020. The van der Waals surface area contributed by atoms with E-state index in [9.17, 15) is 27.9 Å². The molecular formula is C24H24Cl2F3NO3. The SMILES string of the molecule is CC(C(=O)O)C(c1ccc(Cl)c(NC(=O)[C@H](c2ccc(Cl)cc2)[C@@H](C)C(F)(F)F)c1)C1CC1. The van der Waals surface area contributed by atoms with Crippen molar-refractivity contribution in [3.05, 3.63) is 63.6 Å². The zero-order valence-corrected chi connectivity index (χ0v) is 19.5. The Morgan fingerprint density at radius 2 is 1.61 bits per heavy atom. The fourth-order valence-electron chi connectivity index (χ4n) is 4.16. The number of hydrogen-bond donors (Lipinski definition) is 2. The third-order valence-corrected chi connectivity index (χ3v) is 6.80. The molecule has 0 aliphatic heterocycles. The van der Waals surface area contributed by atoms with Gasteiger partial charge in [-0.25, -0.2) is 0 Å². The van der Waals surface area contributed by atoms with E-state index in [0.29, 0.717) is 10.6 Å². The van der Waals surface area contributed by atoms with E-state index in [4.69, 9.17) is 23.2 Å². The van der Waals surface area contributed by atoms with Gasteiger partial charge in [-0.15, -0.1) is 0 Å². The third kappa shape index (κ3) is 6.01. The van der Waals surface area contributed by atoms with Crippen molar-refractivity contribution in [1.82, 2.24) is 0 Å². The molecule has 9 heteroatoms. The molecule has 2 unspecified atom stereocenters. The zero-order valence-electron chi connectivity index (χ0n) is 18.0.